The summed E-state index contributed by atoms with van der Waals surface area (Å²) in [5, 5.41) is 15.4. The third-order valence-corrected chi connectivity index (χ3v) is 13.1. The van der Waals surface area contributed by atoms with Gasteiger partial charge in [-0.2, -0.15) is 27.0 Å². The van der Waals surface area contributed by atoms with E-state index in [0.717, 1.165) is 79.7 Å². The molecule has 2 aliphatic heterocycles. The number of aliphatic carboxylic acids is 1. The van der Waals surface area contributed by atoms with Crippen LogP contribution in [-0.2, 0) is 36.8 Å². The summed E-state index contributed by atoms with van der Waals surface area (Å²) in [6.45, 7) is 2.89. The van der Waals surface area contributed by atoms with Crippen molar-refractivity contribution in [3.63, 3.8) is 0 Å². The van der Waals surface area contributed by atoms with Crippen LogP contribution in [0, 0.1) is 0 Å². The molecular weight excluding hydrogens is 1150 g/mol. The quantitative estimate of drug-likeness (QED) is 0.0408. The van der Waals surface area contributed by atoms with Gasteiger partial charge >= 0.3 is 30.8 Å². The topological polar surface area (TPSA) is 267 Å². The monoisotopic (exact) mass is 1220 g/mol. The number of likely N-dealkylation sites (N-methyl/N-ethyl adjacent to an activating group) is 2. The largest absolute Gasteiger partial charge is 1.00 e. The molecule has 4 aromatic rings. The molecule has 0 saturated heterocycles. The zero-order chi connectivity index (χ0) is 52.9. The van der Waals surface area contributed by atoms with E-state index in [9.17, 15) is 33.9 Å². The maximum absolute atomic E-state index is 12.7. The van der Waals surface area contributed by atoms with Gasteiger partial charge in [0.1, 0.15) is 36.7 Å². The number of esters is 1. The Bertz CT molecular complexity index is 2600. The van der Waals surface area contributed by atoms with Crippen molar-refractivity contribution in [2.24, 2.45) is 9.98 Å². The molecular formula is C55H75Cl4LiN6O12S2. The number of hydrogen-bond donors (Lipinski definition) is 3. The van der Waals surface area contributed by atoms with Crippen LogP contribution in [0.25, 0.3) is 0 Å². The molecule has 6 N–H and O–H groups in total. The van der Waals surface area contributed by atoms with Gasteiger partial charge in [0, 0.05) is 38.4 Å². The van der Waals surface area contributed by atoms with Gasteiger partial charge in [-0.3, -0.25) is 29.2 Å². The summed E-state index contributed by atoms with van der Waals surface area (Å²) in [7, 11) is 4.87. The van der Waals surface area contributed by atoms with Gasteiger partial charge in [0.05, 0.1) is 64.6 Å². The van der Waals surface area contributed by atoms with Crippen molar-refractivity contribution in [3.8, 4) is 11.5 Å². The number of amides is 4. The summed E-state index contributed by atoms with van der Waals surface area (Å²) in [4.78, 5) is 84.4. The van der Waals surface area contributed by atoms with Crippen LogP contribution in [0.15, 0.2) is 94.9 Å². The molecule has 6 rings (SSSR count). The van der Waals surface area contributed by atoms with E-state index in [4.69, 9.17) is 60.6 Å². The minimum Gasteiger partial charge on any atom is -0.870 e. The first-order valence-electron chi connectivity index (χ1n) is 23.8. The van der Waals surface area contributed by atoms with E-state index in [-0.39, 0.29) is 141 Å². The van der Waals surface area contributed by atoms with Gasteiger partial charge < -0.3 is 50.7 Å². The van der Waals surface area contributed by atoms with Crippen LogP contribution >= 0.6 is 73.4 Å². The number of nitrogens with one attached hydrogen (secondary N) is 2. The average molecular weight is 1230 g/mol. The van der Waals surface area contributed by atoms with E-state index in [0.29, 0.717) is 32.1 Å². The standard InChI is InChI=1S/C27H31Cl2N3O5.C26H29Cl2N3O5.2CH4.Li.2H2O.2H2S/c1-32-17-19(30-16-24(32)33)7-4-3-5-14-37-20-12-10-18(11-13-20)15-23(27(35)36-2)31-26(34)25-21(28)8-6-9-22(25)29;1-31-16-18(29-15-23(31)32)6-3-2-4-13-36-19-11-9-17(10-12-19)14-22(26(34)35)30-25(33)24-20(27)7-5-8-21(24)28;;;;;;;/h6,8-13,23H,3-5,7,14-17H2,1-2H3,(H,31,34);5,7-12,22H,2-4,6,13-16H2,1H3,(H,30,33)(H,34,35);2*1H4;;4*1H2/q;;;;+1;;;;/p-1/t23-;22-;;;;;;;/m00......./s1. The minimum absolute atomic E-state index is 0. The predicted octanol–water partition coefficient (Wildman–Crippen LogP) is 6.13. The first kappa shape index (κ1) is 79.2. The third-order valence-electron chi connectivity index (χ3n) is 11.8. The molecule has 0 fully saturated rings. The SMILES string of the molecule is C.C.CN1CC(CCCCCOc2ccc(C[C@H](NC(=O)c3c(Cl)cccc3Cl)C(=O)O)cc2)=NCC1=O.COC(=O)[C@H](Cc1ccc(OCCCCCC2=NCC(=O)N(C)C2)cc1)NC(=O)c1c(Cl)cccc1Cl.O.S.S.[Li+].[OH-]. The molecule has 4 aromatic carbocycles. The Morgan fingerprint density at radius 1 is 0.600 bits per heavy atom. The van der Waals surface area contributed by atoms with Crippen molar-refractivity contribution in [1.29, 1.82) is 0 Å². The second-order valence-corrected chi connectivity index (χ2v) is 19.0. The number of carboxylic acid groups (broad SMARTS) is 1. The zero-order valence-corrected chi connectivity index (χ0v) is 48.9. The van der Waals surface area contributed by atoms with Crippen molar-refractivity contribution >= 4 is 120 Å². The Morgan fingerprint density at radius 2 is 0.950 bits per heavy atom. The van der Waals surface area contributed by atoms with E-state index in [1.807, 2.05) is 24.3 Å². The maximum atomic E-state index is 12.7. The Kier molecular flexibility index (Phi) is 40.7. The number of carbonyl (C=O) groups is 6. The second-order valence-electron chi connectivity index (χ2n) is 17.4. The van der Waals surface area contributed by atoms with E-state index in [1.54, 1.807) is 72.4 Å². The van der Waals surface area contributed by atoms with E-state index in [2.05, 4.69) is 20.6 Å². The number of nitrogens with zero attached hydrogens (tertiary/aromatic N) is 4. The van der Waals surface area contributed by atoms with Crippen molar-refractivity contribution in [2.45, 2.75) is 91.1 Å². The first-order chi connectivity index (χ1) is 35.0. The average Bonchev–Trinajstić information content (AvgIpc) is 3.36. The number of halogens is 4. The van der Waals surface area contributed by atoms with Gasteiger partial charge in [0.15, 0.2) is 0 Å². The summed E-state index contributed by atoms with van der Waals surface area (Å²) >= 11 is 24.4. The van der Waals surface area contributed by atoms with E-state index >= 15 is 0 Å². The molecule has 25 heteroatoms. The Morgan fingerprint density at radius 3 is 1.29 bits per heavy atom. The second kappa shape index (κ2) is 41.1. The molecule has 0 spiro atoms. The summed E-state index contributed by atoms with van der Waals surface area (Å²) in [5.74, 6) is -1.40. The molecule has 438 valence electrons. The Labute approximate surface area is 515 Å². The molecule has 0 bridgehead atoms. The maximum Gasteiger partial charge on any atom is 1.00 e. The van der Waals surface area contributed by atoms with Gasteiger partial charge in [0.2, 0.25) is 11.8 Å². The normalized spacial score (nSPS) is 12.9. The van der Waals surface area contributed by atoms with Crippen molar-refractivity contribution in [3.05, 3.63) is 127 Å². The number of methoxy groups -OCH3 is 1. The van der Waals surface area contributed by atoms with Gasteiger partial charge in [-0.05, 0) is 111 Å². The number of benzene rings is 4. The molecule has 80 heavy (non-hydrogen) atoms. The Balaban J connectivity index is -0.00000136. The van der Waals surface area contributed by atoms with Gasteiger partial charge in [-0.15, -0.1) is 0 Å². The van der Waals surface area contributed by atoms with Crippen LogP contribution in [-0.4, -0.2) is 146 Å². The van der Waals surface area contributed by atoms with Gasteiger partial charge in [-0.25, -0.2) is 9.59 Å². The van der Waals surface area contributed by atoms with Crippen LogP contribution in [0.3, 0.4) is 0 Å². The molecule has 2 atom stereocenters. The fourth-order valence-electron chi connectivity index (χ4n) is 7.68. The van der Waals surface area contributed by atoms with Crippen molar-refractivity contribution in [1.82, 2.24) is 20.4 Å². The minimum atomic E-state index is -1.16. The summed E-state index contributed by atoms with van der Waals surface area (Å²) in [6.07, 6.45) is 7.89. The molecule has 0 aromatic heterocycles. The molecule has 0 radical (unpaired) electrons. The van der Waals surface area contributed by atoms with Crippen LogP contribution in [0.5, 0.6) is 11.5 Å². The van der Waals surface area contributed by atoms with Crippen molar-refractivity contribution in [2.75, 3.05) is 60.6 Å². The molecule has 4 amide bonds. The molecule has 2 heterocycles. The van der Waals surface area contributed by atoms with Crippen molar-refractivity contribution < 1.29 is 77.9 Å². The van der Waals surface area contributed by atoms with Gasteiger partial charge in [-0.1, -0.05) is 97.7 Å². The first-order valence-corrected chi connectivity index (χ1v) is 25.3. The summed E-state index contributed by atoms with van der Waals surface area (Å²) in [6, 6.07) is 21.8. The molecule has 18 nitrogen and oxygen atoms in total. The third kappa shape index (κ3) is 25.9. The molecule has 0 saturated carbocycles. The molecule has 0 aliphatic carbocycles. The fourth-order valence-corrected chi connectivity index (χ4v) is 8.82. The zero-order valence-electron chi connectivity index (χ0n) is 43.9. The molecule has 2 aliphatic rings. The van der Waals surface area contributed by atoms with Crippen LogP contribution in [0.1, 0.15) is 98.1 Å². The number of carboxylic acids is 1. The van der Waals surface area contributed by atoms with E-state index < -0.39 is 35.8 Å². The number of carbonyl (C=O) groups excluding carboxylic acids is 5. The predicted molar refractivity (Wildman–Crippen MR) is 323 cm³/mol. The van der Waals surface area contributed by atoms with Crippen LogP contribution in [0.4, 0.5) is 0 Å². The number of ether oxygens (including phenoxy) is 3. The van der Waals surface area contributed by atoms with Crippen LogP contribution < -0.4 is 39.0 Å². The number of aliphatic imine (C=N–C) groups is 2. The number of hydrogen-bond acceptors (Lipinski definition) is 12. The number of unbranched alkanes of at least 4 members (excludes halogenated alkanes) is 4. The molecule has 0 unspecified atom stereocenters. The summed E-state index contributed by atoms with van der Waals surface area (Å²) in [5.41, 5.74) is 3.86. The smallest absolute Gasteiger partial charge is 0.870 e. The summed E-state index contributed by atoms with van der Waals surface area (Å²) < 4.78 is 16.5. The van der Waals surface area contributed by atoms with Crippen LogP contribution in [0.2, 0.25) is 20.1 Å². The van der Waals surface area contributed by atoms with E-state index in [1.165, 1.54) is 19.2 Å². The Hall–Kier alpha value is -4.98. The number of rotatable bonds is 24. The van der Waals surface area contributed by atoms with Gasteiger partial charge in [0.25, 0.3) is 11.8 Å². The fraction of sp³-hybridized carbons (Fsp3) is 0.418.